The van der Waals surface area contributed by atoms with Crippen molar-refractivity contribution in [2.45, 2.75) is 0 Å². The molecule has 4 rings (SSSR count). The van der Waals surface area contributed by atoms with Crippen LogP contribution < -0.4 is 10.9 Å². The molecule has 9 nitrogen and oxygen atoms in total. The van der Waals surface area contributed by atoms with Crippen LogP contribution in [-0.4, -0.2) is 49.4 Å². The van der Waals surface area contributed by atoms with Crippen molar-refractivity contribution in [2.24, 2.45) is 0 Å². The zero-order valence-electron chi connectivity index (χ0n) is 17.3. The van der Waals surface area contributed by atoms with Crippen LogP contribution in [0.1, 0.15) is 20.7 Å². The van der Waals surface area contributed by atoms with Crippen molar-refractivity contribution in [3.8, 4) is 16.9 Å². The van der Waals surface area contributed by atoms with Gasteiger partial charge in [-0.05, 0) is 53.5 Å². The highest BCUT2D eigenvalue weighted by molar-refractivity contribution is 6.58. The summed E-state index contributed by atoms with van der Waals surface area (Å²) in [6.07, 6.45) is 1.16. The Bertz CT molecular complexity index is 1430. The van der Waals surface area contributed by atoms with Crippen molar-refractivity contribution in [3.05, 3.63) is 93.2 Å². The molecule has 0 saturated carbocycles. The van der Waals surface area contributed by atoms with Crippen LogP contribution in [0.4, 0.5) is 0 Å². The smallest absolute Gasteiger partial charge is 0.488 e. The zero-order chi connectivity index (χ0) is 25.0. The number of aromatic carboxylic acids is 2. The molecule has 0 unspecified atom stereocenters. The zero-order valence-corrected chi connectivity index (χ0v) is 18.0. The minimum absolute atomic E-state index is 0.0632. The number of H-pyrrole nitrogens is 1. The second kappa shape index (κ2) is 10.2. The van der Waals surface area contributed by atoms with Crippen LogP contribution in [0.25, 0.3) is 22.0 Å². The lowest BCUT2D eigenvalue weighted by atomic mass is 9.80. The normalized spacial score (nSPS) is 10.3. The molecule has 0 spiro atoms. The summed E-state index contributed by atoms with van der Waals surface area (Å²) in [6.45, 7) is 0. The molecule has 0 radical (unpaired) electrons. The number of halogens is 1. The number of pyridine rings is 1. The molecule has 3 aromatic carbocycles. The van der Waals surface area contributed by atoms with E-state index in [4.69, 9.17) is 31.9 Å². The van der Waals surface area contributed by atoms with Crippen molar-refractivity contribution in [2.75, 3.05) is 0 Å². The average molecular weight is 482 g/mol. The lowest BCUT2D eigenvalue weighted by molar-refractivity contribution is 0.0685. The molecule has 11 heteroatoms. The van der Waals surface area contributed by atoms with Crippen molar-refractivity contribution < 1.29 is 35.0 Å². The van der Waals surface area contributed by atoms with Gasteiger partial charge in [-0.15, -0.1) is 0 Å². The first-order chi connectivity index (χ1) is 16.1. The van der Waals surface area contributed by atoms with E-state index in [0.717, 1.165) is 6.20 Å². The number of benzene rings is 3. The third-order valence-electron chi connectivity index (χ3n) is 4.84. The summed E-state index contributed by atoms with van der Waals surface area (Å²) < 4.78 is 0. The fraction of sp³-hybridized carbons (Fsp3) is 0. The fourth-order valence-corrected chi connectivity index (χ4v) is 3.26. The Morgan fingerprint density at radius 2 is 1.56 bits per heavy atom. The maximum atomic E-state index is 12.1. The van der Waals surface area contributed by atoms with Crippen molar-refractivity contribution in [3.63, 3.8) is 0 Å². The number of fused-ring (bicyclic) bond motifs is 1. The molecule has 4 aromatic rings. The third-order valence-corrected chi connectivity index (χ3v) is 5.07. The molecule has 0 bridgehead atoms. The van der Waals surface area contributed by atoms with E-state index in [0.29, 0.717) is 21.7 Å². The maximum absolute atomic E-state index is 12.1. The minimum Gasteiger partial charge on any atom is -0.507 e. The van der Waals surface area contributed by atoms with Gasteiger partial charge in [-0.1, -0.05) is 29.8 Å². The molecule has 0 fully saturated rings. The van der Waals surface area contributed by atoms with Crippen LogP contribution in [0.3, 0.4) is 0 Å². The van der Waals surface area contributed by atoms with Gasteiger partial charge in [-0.25, -0.2) is 9.59 Å². The van der Waals surface area contributed by atoms with Crippen molar-refractivity contribution in [1.82, 2.24) is 4.98 Å². The number of carbonyl (C=O) groups is 2. The van der Waals surface area contributed by atoms with Gasteiger partial charge >= 0.3 is 19.1 Å². The number of carboxylic acid groups (broad SMARTS) is 2. The van der Waals surface area contributed by atoms with Crippen molar-refractivity contribution in [1.29, 1.82) is 0 Å². The molecule has 0 aliphatic rings. The first-order valence-corrected chi connectivity index (χ1v) is 10.0. The molecule has 0 aliphatic carbocycles. The van der Waals surface area contributed by atoms with E-state index in [-0.39, 0.29) is 27.7 Å². The number of hydrogen-bond donors (Lipinski definition) is 6. The van der Waals surface area contributed by atoms with Crippen LogP contribution in [0.15, 0.2) is 71.7 Å². The molecule has 0 aliphatic heterocycles. The summed E-state index contributed by atoms with van der Waals surface area (Å²) in [7, 11) is -1.55. The first kappa shape index (κ1) is 24.5. The van der Waals surface area contributed by atoms with Crippen LogP contribution in [0, 0.1) is 0 Å². The minimum atomic E-state index is -1.55. The lowest BCUT2D eigenvalue weighted by Crippen LogP contribution is -2.29. The van der Waals surface area contributed by atoms with Crippen LogP contribution in [-0.2, 0) is 0 Å². The number of nitrogens with one attached hydrogen (secondary N) is 1. The van der Waals surface area contributed by atoms with Gasteiger partial charge in [0.15, 0.2) is 0 Å². The van der Waals surface area contributed by atoms with Gasteiger partial charge in [0.2, 0.25) is 5.43 Å². The summed E-state index contributed by atoms with van der Waals surface area (Å²) in [6, 6.07) is 14.8. The first-order valence-electron chi connectivity index (χ1n) is 9.65. The van der Waals surface area contributed by atoms with Crippen LogP contribution in [0.5, 0.6) is 5.75 Å². The molecule has 6 N–H and O–H groups in total. The molecule has 1 heterocycles. The van der Waals surface area contributed by atoms with E-state index in [9.17, 15) is 19.5 Å². The summed E-state index contributed by atoms with van der Waals surface area (Å²) in [4.78, 5) is 36.2. The molecule has 0 atom stereocenters. The standard InChI is InChI=1S/C16H10ClNO4.C7H7BO4/c17-9-2-4-14(19)11(6-9)8-1-3-10-13(5-8)18-7-12(15(10)20)16(21)22;9-7(10)5-1-3-6(4-2-5)8(11)12/h1-7,19H,(H,18,20)(H,21,22);1-4,11-12H,(H,9,10). The van der Waals surface area contributed by atoms with Gasteiger partial charge in [0.25, 0.3) is 0 Å². The summed E-state index contributed by atoms with van der Waals surface area (Å²) in [5.74, 6) is -2.25. The van der Waals surface area contributed by atoms with E-state index in [2.05, 4.69) is 4.98 Å². The van der Waals surface area contributed by atoms with Crippen LogP contribution in [0.2, 0.25) is 5.02 Å². The van der Waals surface area contributed by atoms with E-state index in [1.165, 1.54) is 36.4 Å². The Morgan fingerprint density at radius 3 is 2.15 bits per heavy atom. The van der Waals surface area contributed by atoms with E-state index in [1.807, 2.05) is 0 Å². The number of rotatable bonds is 4. The maximum Gasteiger partial charge on any atom is 0.488 e. The Morgan fingerprint density at radius 1 is 0.882 bits per heavy atom. The Labute approximate surface area is 197 Å². The number of aromatic nitrogens is 1. The van der Waals surface area contributed by atoms with E-state index in [1.54, 1.807) is 24.3 Å². The summed E-state index contributed by atoms with van der Waals surface area (Å²) in [5.41, 5.74) is 1.20. The topological polar surface area (TPSA) is 168 Å². The van der Waals surface area contributed by atoms with Crippen molar-refractivity contribution >= 4 is 47.0 Å². The monoisotopic (exact) mass is 481 g/mol. The molecular weight excluding hydrogens is 465 g/mol. The highest BCUT2D eigenvalue weighted by Crippen LogP contribution is 2.32. The number of carboxylic acids is 2. The number of hydrogen-bond acceptors (Lipinski definition) is 6. The molecule has 34 heavy (non-hydrogen) atoms. The third kappa shape index (κ3) is 5.44. The lowest BCUT2D eigenvalue weighted by Gasteiger charge is -2.07. The van der Waals surface area contributed by atoms with Gasteiger partial charge in [0.05, 0.1) is 5.56 Å². The van der Waals surface area contributed by atoms with Gasteiger partial charge in [-0.2, -0.15) is 0 Å². The molecule has 172 valence electrons. The Kier molecular flexibility index (Phi) is 7.37. The average Bonchev–Trinajstić information content (AvgIpc) is 2.81. The van der Waals surface area contributed by atoms with Gasteiger partial charge in [0, 0.05) is 27.7 Å². The summed E-state index contributed by atoms with van der Waals surface area (Å²) in [5, 5.41) is 45.4. The summed E-state index contributed by atoms with van der Waals surface area (Å²) >= 11 is 5.93. The Balaban J connectivity index is 0.000000229. The Hall–Kier alpha value is -4.12. The number of phenolic OH excluding ortho intramolecular Hbond substituents is 1. The van der Waals surface area contributed by atoms with Crippen LogP contribution >= 0.6 is 11.6 Å². The predicted octanol–water partition coefficient (Wildman–Crippen LogP) is 2.32. The fourth-order valence-electron chi connectivity index (χ4n) is 3.09. The predicted molar refractivity (Wildman–Crippen MR) is 127 cm³/mol. The van der Waals surface area contributed by atoms with Gasteiger partial charge < -0.3 is 30.4 Å². The highest BCUT2D eigenvalue weighted by atomic mass is 35.5. The molecule has 1 aromatic heterocycles. The highest BCUT2D eigenvalue weighted by Gasteiger charge is 2.13. The number of phenols is 1. The largest absolute Gasteiger partial charge is 0.507 e. The number of aromatic hydroxyl groups is 1. The SMILES string of the molecule is O=C(O)c1c[nH]c2cc(-c3cc(Cl)ccc3O)ccc2c1=O.O=C(O)c1ccc(B(O)O)cc1. The van der Waals surface area contributed by atoms with Gasteiger partial charge in [0.1, 0.15) is 11.3 Å². The molecular formula is C23H17BClNO8. The van der Waals surface area contributed by atoms with E-state index >= 15 is 0 Å². The second-order valence-corrected chi connectivity index (χ2v) is 7.50. The van der Waals surface area contributed by atoms with Gasteiger partial charge in [-0.3, -0.25) is 4.79 Å². The molecule has 0 saturated heterocycles. The quantitative estimate of drug-likeness (QED) is 0.241. The second-order valence-electron chi connectivity index (χ2n) is 7.06. The number of aromatic amines is 1. The molecule has 0 amide bonds. The van der Waals surface area contributed by atoms with E-state index < -0.39 is 24.5 Å².